The summed E-state index contributed by atoms with van der Waals surface area (Å²) in [5.74, 6) is 0. The molecule has 0 fully saturated rings. The highest BCUT2D eigenvalue weighted by atomic mass is 79.9. The number of fused-ring (bicyclic) bond motifs is 1. The van der Waals surface area contributed by atoms with E-state index in [9.17, 15) is 9.59 Å². The van der Waals surface area contributed by atoms with Crippen LogP contribution in [0.1, 0.15) is 13.8 Å². The molecule has 0 aliphatic carbocycles. The molecule has 0 spiro atoms. The Morgan fingerprint density at radius 2 is 1.55 bits per heavy atom. The average Bonchev–Trinajstić information content (AvgIpc) is 3.18. The number of aryl methyl sites for hydroxylation is 1. The van der Waals surface area contributed by atoms with Crippen LogP contribution in [-0.4, -0.2) is 26.8 Å². The molecule has 4 aromatic rings. The van der Waals surface area contributed by atoms with E-state index in [0.29, 0.717) is 10.9 Å². The number of aromatic nitrogens is 3. The topological polar surface area (TPSA) is 52.2 Å². The fourth-order valence-corrected chi connectivity index (χ4v) is 4.55. The summed E-state index contributed by atoms with van der Waals surface area (Å²) in [6.07, 6.45) is 1.87. The van der Waals surface area contributed by atoms with Crippen LogP contribution >= 0.6 is 15.9 Å². The van der Waals surface area contributed by atoms with Crippen LogP contribution in [0, 0.1) is 0 Å². The van der Waals surface area contributed by atoms with E-state index in [0.717, 1.165) is 44.8 Å². The van der Waals surface area contributed by atoms with Crippen molar-refractivity contribution in [2.24, 2.45) is 14.1 Å². The van der Waals surface area contributed by atoms with Gasteiger partial charge in [0, 0.05) is 54.8 Å². The van der Waals surface area contributed by atoms with Crippen LogP contribution in [0.15, 0.2) is 68.8 Å². The van der Waals surface area contributed by atoms with E-state index in [-0.39, 0.29) is 11.2 Å². The predicted molar refractivity (Wildman–Crippen MR) is 130 cm³/mol. The lowest BCUT2D eigenvalue weighted by Gasteiger charge is -2.21. The Balaban J connectivity index is 2.06. The van der Waals surface area contributed by atoms with Gasteiger partial charge in [-0.15, -0.1) is 0 Å². The van der Waals surface area contributed by atoms with Gasteiger partial charge in [-0.25, -0.2) is 4.79 Å². The molecule has 31 heavy (non-hydrogen) atoms. The van der Waals surface area contributed by atoms with Crippen molar-refractivity contribution in [3.8, 4) is 16.9 Å². The molecule has 0 atom stereocenters. The van der Waals surface area contributed by atoms with Crippen molar-refractivity contribution < 1.29 is 0 Å². The second-order valence-corrected chi connectivity index (χ2v) is 8.34. The third-order valence-corrected chi connectivity index (χ3v) is 6.52. The maximum absolute atomic E-state index is 13.2. The maximum Gasteiger partial charge on any atom is 0.330 e. The van der Waals surface area contributed by atoms with Gasteiger partial charge in [-0.2, -0.15) is 0 Å². The van der Waals surface area contributed by atoms with Gasteiger partial charge in [-0.05, 0) is 44.2 Å². The van der Waals surface area contributed by atoms with Gasteiger partial charge in [0.2, 0.25) is 0 Å². The highest BCUT2D eigenvalue weighted by Crippen LogP contribution is 2.35. The van der Waals surface area contributed by atoms with Gasteiger partial charge in [-0.3, -0.25) is 13.9 Å². The molecule has 0 aliphatic rings. The number of benzene rings is 2. The second kappa shape index (κ2) is 8.23. The standard InChI is InChI=1S/C24H25BrN4O2/c1-5-28(6-2)16-11-13-17(14-12-16)29-15-20-21(23(30)27(4)24(31)26(20)3)22(29)18-9-7-8-10-19(18)25/h7-15H,5-6H2,1-4H3. The zero-order valence-corrected chi connectivity index (χ0v) is 19.7. The quantitative estimate of drug-likeness (QED) is 0.427. The zero-order valence-electron chi connectivity index (χ0n) is 18.1. The number of hydrogen-bond donors (Lipinski definition) is 0. The summed E-state index contributed by atoms with van der Waals surface area (Å²) in [4.78, 5) is 28.0. The fourth-order valence-electron chi connectivity index (χ4n) is 4.08. The van der Waals surface area contributed by atoms with E-state index in [2.05, 4.69) is 58.9 Å². The molecular weight excluding hydrogens is 456 g/mol. The summed E-state index contributed by atoms with van der Waals surface area (Å²) in [5, 5.41) is 0.518. The van der Waals surface area contributed by atoms with Crippen molar-refractivity contribution in [3.63, 3.8) is 0 Å². The minimum atomic E-state index is -0.342. The van der Waals surface area contributed by atoms with Crippen molar-refractivity contribution in [1.82, 2.24) is 13.7 Å². The number of anilines is 1. The molecule has 0 aliphatic heterocycles. The number of rotatable bonds is 5. The molecule has 4 rings (SSSR count). The van der Waals surface area contributed by atoms with Crippen LogP contribution in [0.25, 0.3) is 27.8 Å². The molecule has 0 unspecified atom stereocenters. The molecule has 7 heteroatoms. The van der Waals surface area contributed by atoms with Gasteiger partial charge in [0.15, 0.2) is 0 Å². The van der Waals surface area contributed by atoms with Crippen LogP contribution in [0.3, 0.4) is 0 Å². The van der Waals surface area contributed by atoms with E-state index in [1.54, 1.807) is 7.05 Å². The Labute approximate surface area is 189 Å². The SMILES string of the molecule is CCN(CC)c1ccc(-n2cc3c(c2-c2ccccc2Br)c(=O)n(C)c(=O)n3C)cc1. The van der Waals surface area contributed by atoms with Crippen molar-refractivity contribution in [1.29, 1.82) is 0 Å². The third kappa shape index (κ3) is 3.43. The van der Waals surface area contributed by atoms with E-state index < -0.39 is 0 Å². The minimum absolute atomic E-state index is 0.303. The van der Waals surface area contributed by atoms with Crippen molar-refractivity contribution in [2.75, 3.05) is 18.0 Å². The molecule has 0 saturated carbocycles. The highest BCUT2D eigenvalue weighted by molar-refractivity contribution is 9.10. The lowest BCUT2D eigenvalue weighted by Crippen LogP contribution is -2.36. The summed E-state index contributed by atoms with van der Waals surface area (Å²) < 4.78 is 5.57. The van der Waals surface area contributed by atoms with Crippen LogP contribution in [0.2, 0.25) is 0 Å². The number of hydrogen-bond acceptors (Lipinski definition) is 3. The summed E-state index contributed by atoms with van der Waals surface area (Å²) >= 11 is 3.64. The van der Waals surface area contributed by atoms with Crippen molar-refractivity contribution in [3.05, 3.63) is 80.0 Å². The molecule has 6 nitrogen and oxygen atoms in total. The first-order valence-corrected chi connectivity index (χ1v) is 11.1. The Kier molecular flexibility index (Phi) is 5.62. The van der Waals surface area contributed by atoms with E-state index >= 15 is 0 Å². The Morgan fingerprint density at radius 3 is 2.16 bits per heavy atom. The summed E-state index contributed by atoms with van der Waals surface area (Å²) in [6.45, 7) is 6.14. The summed E-state index contributed by atoms with van der Waals surface area (Å²) in [5.41, 5.74) is 3.68. The Bertz CT molecular complexity index is 1380. The average molecular weight is 481 g/mol. The van der Waals surface area contributed by atoms with Crippen molar-refractivity contribution in [2.45, 2.75) is 13.8 Å². The van der Waals surface area contributed by atoms with Gasteiger partial charge in [0.05, 0.1) is 16.6 Å². The normalized spacial score (nSPS) is 11.3. The van der Waals surface area contributed by atoms with Gasteiger partial charge in [0.1, 0.15) is 0 Å². The Hall–Kier alpha value is -3.06. The first kappa shape index (κ1) is 21.2. The molecule has 0 radical (unpaired) electrons. The molecule has 0 amide bonds. The van der Waals surface area contributed by atoms with Crippen LogP contribution < -0.4 is 16.1 Å². The molecule has 2 aromatic heterocycles. The number of halogens is 1. The summed E-state index contributed by atoms with van der Waals surface area (Å²) in [7, 11) is 3.21. The van der Waals surface area contributed by atoms with Crippen LogP contribution in [-0.2, 0) is 14.1 Å². The van der Waals surface area contributed by atoms with E-state index in [1.165, 1.54) is 11.6 Å². The lowest BCUT2D eigenvalue weighted by molar-refractivity contribution is 0.714. The molecule has 0 N–H and O–H groups in total. The summed E-state index contributed by atoms with van der Waals surface area (Å²) in [6, 6.07) is 16.1. The smallest absolute Gasteiger partial charge is 0.330 e. The van der Waals surface area contributed by atoms with Gasteiger partial charge >= 0.3 is 5.69 Å². The predicted octanol–water partition coefficient (Wildman–Crippen LogP) is 4.30. The molecule has 0 bridgehead atoms. The van der Waals surface area contributed by atoms with Gasteiger partial charge in [0.25, 0.3) is 5.56 Å². The zero-order chi connectivity index (χ0) is 22.3. The molecule has 2 heterocycles. The van der Waals surface area contributed by atoms with E-state index in [4.69, 9.17) is 0 Å². The van der Waals surface area contributed by atoms with Crippen molar-refractivity contribution >= 4 is 32.5 Å². The van der Waals surface area contributed by atoms with Crippen LogP contribution in [0.4, 0.5) is 5.69 Å². The van der Waals surface area contributed by atoms with Gasteiger partial charge < -0.3 is 9.47 Å². The monoisotopic (exact) mass is 480 g/mol. The molecular formula is C24H25BrN4O2. The molecule has 160 valence electrons. The first-order chi connectivity index (χ1) is 14.9. The van der Waals surface area contributed by atoms with Gasteiger partial charge in [-0.1, -0.05) is 34.1 Å². The maximum atomic E-state index is 13.2. The van der Waals surface area contributed by atoms with Crippen LogP contribution in [0.5, 0.6) is 0 Å². The number of nitrogens with zero attached hydrogens (tertiary/aromatic N) is 4. The first-order valence-electron chi connectivity index (χ1n) is 10.3. The Morgan fingerprint density at radius 1 is 0.903 bits per heavy atom. The highest BCUT2D eigenvalue weighted by Gasteiger charge is 2.21. The minimum Gasteiger partial charge on any atom is -0.372 e. The largest absolute Gasteiger partial charge is 0.372 e. The third-order valence-electron chi connectivity index (χ3n) is 5.82. The lowest BCUT2D eigenvalue weighted by atomic mass is 10.1. The molecule has 0 saturated heterocycles. The molecule has 2 aromatic carbocycles. The van der Waals surface area contributed by atoms with E-state index in [1.807, 2.05) is 35.0 Å². The second-order valence-electron chi connectivity index (χ2n) is 7.48. The fraction of sp³-hybridized carbons (Fsp3) is 0.250.